The van der Waals surface area contributed by atoms with Gasteiger partial charge in [-0.25, -0.2) is 4.39 Å². The number of para-hydroxylation sites is 1. The number of rotatable bonds is 4. The molecule has 4 rings (SSSR count). The van der Waals surface area contributed by atoms with Crippen LogP contribution in [0.5, 0.6) is 5.75 Å². The number of furan rings is 1. The van der Waals surface area contributed by atoms with Crippen molar-refractivity contribution in [3.05, 3.63) is 89.7 Å². The molecule has 0 spiro atoms. The molecule has 1 aromatic heterocycles. The maximum Gasteiger partial charge on any atom is 0.200 e. The Labute approximate surface area is 149 Å². The van der Waals surface area contributed by atoms with Gasteiger partial charge in [0.05, 0.1) is 18.2 Å². The van der Waals surface area contributed by atoms with Crippen molar-refractivity contribution in [1.29, 1.82) is 0 Å². The molecular weight excluding hydrogens is 331 g/mol. The maximum absolute atomic E-state index is 14.2. The third-order valence-electron chi connectivity index (χ3n) is 4.29. The van der Waals surface area contributed by atoms with Crippen LogP contribution in [0.2, 0.25) is 0 Å². The number of carbonyl (C=O) groups is 1. The van der Waals surface area contributed by atoms with Gasteiger partial charge in [-0.15, -0.1) is 0 Å². The number of fused-ring (bicyclic) bond motifs is 1. The molecule has 0 saturated heterocycles. The Hall–Kier alpha value is -3.40. The van der Waals surface area contributed by atoms with E-state index in [1.807, 2.05) is 24.3 Å². The molecule has 4 aromatic rings. The Morgan fingerprint density at radius 2 is 1.62 bits per heavy atom. The van der Waals surface area contributed by atoms with Crippen molar-refractivity contribution >= 4 is 16.8 Å². The lowest BCUT2D eigenvalue weighted by atomic mass is 9.97. The van der Waals surface area contributed by atoms with Crippen LogP contribution in [0.3, 0.4) is 0 Å². The van der Waals surface area contributed by atoms with E-state index in [2.05, 4.69) is 0 Å². The second-order valence-corrected chi connectivity index (χ2v) is 5.84. The van der Waals surface area contributed by atoms with Crippen LogP contribution in [0, 0.1) is 5.82 Å². The topological polar surface area (TPSA) is 39.4 Å². The number of ether oxygens (including phenoxy) is 1. The Balaban J connectivity index is 1.95. The molecule has 0 fully saturated rings. The number of hydrogen-bond donors (Lipinski definition) is 0. The van der Waals surface area contributed by atoms with E-state index in [1.165, 1.54) is 12.1 Å². The molecular formula is C22H15FO3. The molecule has 0 unspecified atom stereocenters. The minimum Gasteiger partial charge on any atom is -0.497 e. The number of methoxy groups -OCH3 is 1. The van der Waals surface area contributed by atoms with Crippen LogP contribution in [0.4, 0.5) is 4.39 Å². The van der Waals surface area contributed by atoms with Gasteiger partial charge in [-0.2, -0.15) is 0 Å². The summed E-state index contributed by atoms with van der Waals surface area (Å²) in [6, 6.07) is 20.4. The van der Waals surface area contributed by atoms with Gasteiger partial charge in [-0.3, -0.25) is 4.79 Å². The fourth-order valence-corrected chi connectivity index (χ4v) is 3.00. The summed E-state index contributed by atoms with van der Waals surface area (Å²) in [5.74, 6) is 0.163. The molecule has 4 heteroatoms. The molecule has 0 bridgehead atoms. The van der Waals surface area contributed by atoms with Crippen molar-refractivity contribution < 1.29 is 18.3 Å². The van der Waals surface area contributed by atoms with E-state index >= 15 is 0 Å². The molecule has 0 aliphatic rings. The highest BCUT2D eigenvalue weighted by atomic mass is 19.1. The second-order valence-electron chi connectivity index (χ2n) is 5.84. The predicted molar refractivity (Wildman–Crippen MR) is 98.0 cm³/mol. The molecule has 0 aliphatic carbocycles. The van der Waals surface area contributed by atoms with Crippen LogP contribution in [-0.2, 0) is 0 Å². The SMILES string of the molecule is COc1ccc(-c2oc3ccccc3c2C(=O)c2ccccc2F)cc1. The van der Waals surface area contributed by atoms with Crippen LogP contribution in [0.1, 0.15) is 15.9 Å². The van der Waals surface area contributed by atoms with Crippen molar-refractivity contribution in [2.24, 2.45) is 0 Å². The minimum atomic E-state index is -0.552. The largest absolute Gasteiger partial charge is 0.497 e. The molecule has 0 saturated carbocycles. The summed E-state index contributed by atoms with van der Waals surface area (Å²) in [6.07, 6.45) is 0. The number of benzene rings is 3. The number of hydrogen-bond acceptors (Lipinski definition) is 3. The maximum atomic E-state index is 14.2. The lowest BCUT2D eigenvalue weighted by Crippen LogP contribution is -2.05. The van der Waals surface area contributed by atoms with Gasteiger partial charge in [0, 0.05) is 10.9 Å². The average molecular weight is 346 g/mol. The highest BCUT2D eigenvalue weighted by Crippen LogP contribution is 2.36. The zero-order valence-corrected chi connectivity index (χ0v) is 14.0. The predicted octanol–water partition coefficient (Wildman–Crippen LogP) is 5.48. The summed E-state index contributed by atoms with van der Waals surface area (Å²) >= 11 is 0. The van der Waals surface area contributed by atoms with E-state index < -0.39 is 11.6 Å². The molecule has 3 aromatic carbocycles. The first-order valence-electron chi connectivity index (χ1n) is 8.14. The molecule has 0 aliphatic heterocycles. The minimum absolute atomic E-state index is 0.0221. The van der Waals surface area contributed by atoms with Gasteiger partial charge in [0.2, 0.25) is 0 Å². The van der Waals surface area contributed by atoms with Crippen molar-refractivity contribution in [2.75, 3.05) is 7.11 Å². The van der Waals surface area contributed by atoms with E-state index in [0.717, 1.165) is 5.56 Å². The monoisotopic (exact) mass is 346 g/mol. The zero-order chi connectivity index (χ0) is 18.1. The molecule has 1 heterocycles. The van der Waals surface area contributed by atoms with Gasteiger partial charge in [-0.1, -0.05) is 30.3 Å². The normalized spacial score (nSPS) is 10.8. The lowest BCUT2D eigenvalue weighted by Gasteiger charge is -2.05. The first kappa shape index (κ1) is 16.1. The number of halogens is 1. The Morgan fingerprint density at radius 3 is 2.35 bits per heavy atom. The summed E-state index contributed by atoms with van der Waals surface area (Å²) in [4.78, 5) is 13.1. The first-order chi connectivity index (χ1) is 12.7. The third kappa shape index (κ3) is 2.65. The Bertz CT molecular complexity index is 1090. The summed E-state index contributed by atoms with van der Waals surface area (Å²) in [6.45, 7) is 0. The van der Waals surface area contributed by atoms with Crippen molar-refractivity contribution in [3.63, 3.8) is 0 Å². The van der Waals surface area contributed by atoms with E-state index in [4.69, 9.17) is 9.15 Å². The fourth-order valence-electron chi connectivity index (χ4n) is 3.00. The summed E-state index contributed by atoms with van der Waals surface area (Å²) in [5, 5.41) is 0.659. The highest BCUT2D eigenvalue weighted by Gasteiger charge is 2.24. The molecule has 0 amide bonds. The molecule has 3 nitrogen and oxygen atoms in total. The van der Waals surface area contributed by atoms with Crippen molar-refractivity contribution in [1.82, 2.24) is 0 Å². The second kappa shape index (κ2) is 6.48. The quantitative estimate of drug-likeness (QED) is 0.459. The van der Waals surface area contributed by atoms with Crippen LogP contribution in [-0.4, -0.2) is 12.9 Å². The number of ketones is 1. The highest BCUT2D eigenvalue weighted by molar-refractivity contribution is 6.19. The van der Waals surface area contributed by atoms with Gasteiger partial charge >= 0.3 is 0 Å². The average Bonchev–Trinajstić information content (AvgIpc) is 3.07. The molecule has 0 N–H and O–H groups in total. The van der Waals surface area contributed by atoms with Gasteiger partial charge < -0.3 is 9.15 Å². The summed E-state index contributed by atoms with van der Waals surface area (Å²) in [5.41, 5.74) is 1.68. The first-order valence-corrected chi connectivity index (χ1v) is 8.14. The van der Waals surface area contributed by atoms with Crippen LogP contribution < -0.4 is 4.74 Å². The van der Waals surface area contributed by atoms with E-state index in [1.54, 1.807) is 43.5 Å². The van der Waals surface area contributed by atoms with E-state index in [9.17, 15) is 9.18 Å². The lowest BCUT2D eigenvalue weighted by molar-refractivity contribution is 0.103. The zero-order valence-electron chi connectivity index (χ0n) is 14.0. The molecule has 128 valence electrons. The van der Waals surface area contributed by atoms with Gasteiger partial charge in [0.25, 0.3) is 0 Å². The van der Waals surface area contributed by atoms with Gasteiger partial charge in [-0.05, 0) is 42.5 Å². The number of carbonyl (C=O) groups excluding carboxylic acids is 1. The van der Waals surface area contributed by atoms with Crippen molar-refractivity contribution in [2.45, 2.75) is 0 Å². The molecule has 0 radical (unpaired) electrons. The van der Waals surface area contributed by atoms with E-state index in [-0.39, 0.29) is 5.56 Å². The fraction of sp³-hybridized carbons (Fsp3) is 0.0455. The van der Waals surface area contributed by atoms with Crippen LogP contribution >= 0.6 is 0 Å². The van der Waals surface area contributed by atoms with Crippen LogP contribution in [0.15, 0.2) is 77.2 Å². The molecule has 0 atom stereocenters. The summed E-state index contributed by atoms with van der Waals surface area (Å²) in [7, 11) is 1.59. The summed E-state index contributed by atoms with van der Waals surface area (Å²) < 4.78 is 25.3. The standard InChI is InChI=1S/C22H15FO3/c1-25-15-12-10-14(11-13-15)22-20(17-7-3-5-9-19(17)26-22)21(24)16-6-2-4-8-18(16)23/h2-13H,1H3. The Morgan fingerprint density at radius 1 is 0.923 bits per heavy atom. The van der Waals surface area contributed by atoms with Crippen LogP contribution in [0.25, 0.3) is 22.3 Å². The Kier molecular flexibility index (Phi) is 4.01. The van der Waals surface area contributed by atoms with Gasteiger partial charge in [0.15, 0.2) is 5.78 Å². The van der Waals surface area contributed by atoms with E-state index in [0.29, 0.717) is 28.0 Å². The van der Waals surface area contributed by atoms with Gasteiger partial charge in [0.1, 0.15) is 22.9 Å². The molecule has 26 heavy (non-hydrogen) atoms. The third-order valence-corrected chi connectivity index (χ3v) is 4.29. The van der Waals surface area contributed by atoms with Crippen molar-refractivity contribution in [3.8, 4) is 17.1 Å². The smallest absolute Gasteiger partial charge is 0.200 e.